The third-order valence-electron chi connectivity index (χ3n) is 3.27. The van der Waals surface area contributed by atoms with E-state index in [1.54, 1.807) is 22.7 Å². The monoisotopic (exact) mass is 324 g/mol. The summed E-state index contributed by atoms with van der Waals surface area (Å²) in [4.78, 5) is 12.8. The number of nitrogens with one attached hydrogen (secondary N) is 2. The molecule has 0 unspecified atom stereocenters. The number of urea groups is 1. The van der Waals surface area contributed by atoms with E-state index in [1.165, 1.54) is 5.56 Å². The first-order valence-corrected chi connectivity index (χ1v) is 8.79. The van der Waals surface area contributed by atoms with Crippen LogP contribution >= 0.6 is 22.7 Å². The van der Waals surface area contributed by atoms with Crippen molar-refractivity contribution in [2.75, 3.05) is 13.2 Å². The summed E-state index contributed by atoms with van der Waals surface area (Å²) in [5.74, 6) is 0.304. The number of carbonyl (C=O) groups is 1. The molecule has 114 valence electrons. The molecule has 1 atom stereocenters. The molecule has 2 amide bonds. The van der Waals surface area contributed by atoms with Crippen LogP contribution in [-0.2, 0) is 6.54 Å². The SMILES string of the molecule is O=C(NCC[C@H](CCO)c1ccsc1)NCc1cccs1. The zero-order valence-corrected chi connectivity index (χ0v) is 13.4. The van der Waals surface area contributed by atoms with Gasteiger partial charge in [-0.2, -0.15) is 11.3 Å². The largest absolute Gasteiger partial charge is 0.396 e. The predicted octanol–water partition coefficient (Wildman–Crippen LogP) is 3.17. The Morgan fingerprint density at radius 2 is 2.14 bits per heavy atom. The van der Waals surface area contributed by atoms with Crippen LogP contribution in [0.3, 0.4) is 0 Å². The first-order chi connectivity index (χ1) is 10.3. The van der Waals surface area contributed by atoms with Crippen LogP contribution in [0.1, 0.15) is 29.2 Å². The first-order valence-electron chi connectivity index (χ1n) is 6.96. The van der Waals surface area contributed by atoms with E-state index in [2.05, 4.69) is 22.1 Å². The Hall–Kier alpha value is -1.37. The number of aliphatic hydroxyl groups is 1. The molecule has 0 bridgehead atoms. The van der Waals surface area contributed by atoms with Crippen molar-refractivity contribution in [1.82, 2.24) is 10.6 Å². The summed E-state index contributed by atoms with van der Waals surface area (Å²) < 4.78 is 0. The maximum atomic E-state index is 11.7. The molecule has 0 aliphatic heterocycles. The molecule has 2 aromatic heterocycles. The zero-order valence-electron chi connectivity index (χ0n) is 11.7. The molecule has 2 heterocycles. The second kappa shape index (κ2) is 8.81. The van der Waals surface area contributed by atoms with Crippen molar-refractivity contribution in [2.45, 2.75) is 25.3 Å². The smallest absolute Gasteiger partial charge is 0.315 e. The van der Waals surface area contributed by atoms with Gasteiger partial charge in [-0.1, -0.05) is 6.07 Å². The highest BCUT2D eigenvalue weighted by Gasteiger charge is 2.12. The van der Waals surface area contributed by atoms with Gasteiger partial charge in [0, 0.05) is 18.0 Å². The van der Waals surface area contributed by atoms with Gasteiger partial charge in [0.15, 0.2) is 0 Å². The third-order valence-corrected chi connectivity index (χ3v) is 4.85. The Morgan fingerprint density at radius 3 is 2.81 bits per heavy atom. The summed E-state index contributed by atoms with van der Waals surface area (Å²) in [6.45, 7) is 1.34. The van der Waals surface area contributed by atoms with Crippen LogP contribution in [0, 0.1) is 0 Å². The molecule has 0 aromatic carbocycles. The molecule has 6 heteroatoms. The molecule has 0 saturated carbocycles. The Bertz CT molecular complexity index is 512. The summed E-state index contributed by atoms with van der Waals surface area (Å²) in [6, 6.07) is 5.91. The van der Waals surface area contributed by atoms with Crippen molar-refractivity contribution in [3.05, 3.63) is 44.8 Å². The number of rotatable bonds is 8. The predicted molar refractivity (Wildman–Crippen MR) is 87.9 cm³/mol. The van der Waals surface area contributed by atoms with Gasteiger partial charge < -0.3 is 15.7 Å². The summed E-state index contributed by atoms with van der Waals surface area (Å²) in [7, 11) is 0. The van der Waals surface area contributed by atoms with E-state index in [9.17, 15) is 4.79 Å². The van der Waals surface area contributed by atoms with Gasteiger partial charge in [0.2, 0.25) is 0 Å². The number of aliphatic hydroxyl groups excluding tert-OH is 1. The van der Waals surface area contributed by atoms with E-state index in [4.69, 9.17) is 5.11 Å². The van der Waals surface area contributed by atoms with Crippen molar-refractivity contribution in [2.24, 2.45) is 0 Å². The highest BCUT2D eigenvalue weighted by atomic mass is 32.1. The number of thiophene rings is 2. The highest BCUT2D eigenvalue weighted by molar-refractivity contribution is 7.09. The minimum absolute atomic E-state index is 0.142. The van der Waals surface area contributed by atoms with E-state index < -0.39 is 0 Å². The molecule has 2 rings (SSSR count). The lowest BCUT2D eigenvalue weighted by Gasteiger charge is -2.15. The normalized spacial score (nSPS) is 12.0. The van der Waals surface area contributed by atoms with Crippen molar-refractivity contribution in [3.63, 3.8) is 0 Å². The lowest BCUT2D eigenvalue weighted by molar-refractivity contribution is 0.239. The van der Waals surface area contributed by atoms with Gasteiger partial charge in [0.05, 0.1) is 6.54 Å². The van der Waals surface area contributed by atoms with Gasteiger partial charge in [-0.25, -0.2) is 4.79 Å². The molecule has 0 aliphatic carbocycles. The van der Waals surface area contributed by atoms with E-state index in [0.29, 0.717) is 19.0 Å². The van der Waals surface area contributed by atoms with E-state index in [1.807, 2.05) is 22.9 Å². The van der Waals surface area contributed by atoms with E-state index >= 15 is 0 Å². The molecule has 21 heavy (non-hydrogen) atoms. The van der Waals surface area contributed by atoms with Crippen LogP contribution in [0.5, 0.6) is 0 Å². The number of hydrogen-bond acceptors (Lipinski definition) is 4. The summed E-state index contributed by atoms with van der Waals surface area (Å²) in [5.41, 5.74) is 1.25. The second-order valence-electron chi connectivity index (χ2n) is 4.74. The van der Waals surface area contributed by atoms with Gasteiger partial charge in [0.1, 0.15) is 0 Å². The molecule has 2 aromatic rings. The molecule has 0 radical (unpaired) electrons. The molecule has 0 fully saturated rings. The van der Waals surface area contributed by atoms with Crippen LogP contribution in [0.2, 0.25) is 0 Å². The van der Waals surface area contributed by atoms with Gasteiger partial charge in [-0.05, 0) is 52.6 Å². The number of amides is 2. The quantitative estimate of drug-likeness (QED) is 0.698. The molecule has 0 aliphatic rings. The first kappa shape index (κ1) is 16.0. The van der Waals surface area contributed by atoms with E-state index in [0.717, 1.165) is 17.7 Å². The maximum absolute atomic E-state index is 11.7. The third kappa shape index (κ3) is 5.49. The Morgan fingerprint density at radius 1 is 1.24 bits per heavy atom. The van der Waals surface area contributed by atoms with Crippen LogP contribution in [-0.4, -0.2) is 24.3 Å². The van der Waals surface area contributed by atoms with Gasteiger partial charge in [0.25, 0.3) is 0 Å². The Kier molecular flexibility index (Phi) is 6.72. The molecular formula is C15H20N2O2S2. The van der Waals surface area contributed by atoms with Crippen LogP contribution < -0.4 is 10.6 Å². The van der Waals surface area contributed by atoms with Gasteiger partial charge >= 0.3 is 6.03 Å². The molecule has 0 spiro atoms. The Labute approximate surface area is 132 Å². The molecule has 4 nitrogen and oxygen atoms in total. The molecule has 3 N–H and O–H groups in total. The second-order valence-corrected chi connectivity index (χ2v) is 6.56. The average molecular weight is 324 g/mol. The minimum Gasteiger partial charge on any atom is -0.396 e. The fraction of sp³-hybridized carbons (Fsp3) is 0.400. The van der Waals surface area contributed by atoms with Gasteiger partial charge in [-0.3, -0.25) is 0 Å². The van der Waals surface area contributed by atoms with Crippen LogP contribution in [0.25, 0.3) is 0 Å². The molecular weight excluding hydrogens is 304 g/mol. The van der Waals surface area contributed by atoms with Crippen molar-refractivity contribution >= 4 is 28.7 Å². The fourth-order valence-corrected chi connectivity index (χ4v) is 3.53. The summed E-state index contributed by atoms with van der Waals surface area (Å²) >= 11 is 3.29. The standard InChI is InChI=1S/C15H20N2O2S2/c18-7-4-12(13-5-9-20-11-13)3-6-16-15(19)17-10-14-2-1-8-21-14/h1-2,5,8-9,11-12,18H,3-4,6-7,10H2,(H2,16,17,19)/t12-/m1/s1. The minimum atomic E-state index is -0.142. The lowest BCUT2D eigenvalue weighted by atomic mass is 9.95. The lowest BCUT2D eigenvalue weighted by Crippen LogP contribution is -2.35. The Balaban J connectivity index is 1.68. The van der Waals surface area contributed by atoms with Gasteiger partial charge in [-0.15, -0.1) is 11.3 Å². The van der Waals surface area contributed by atoms with E-state index in [-0.39, 0.29) is 12.6 Å². The van der Waals surface area contributed by atoms with Crippen molar-refractivity contribution in [1.29, 1.82) is 0 Å². The molecule has 0 saturated heterocycles. The number of carbonyl (C=O) groups excluding carboxylic acids is 1. The maximum Gasteiger partial charge on any atom is 0.315 e. The highest BCUT2D eigenvalue weighted by Crippen LogP contribution is 2.24. The number of hydrogen-bond donors (Lipinski definition) is 3. The van der Waals surface area contributed by atoms with Crippen molar-refractivity contribution < 1.29 is 9.90 Å². The van der Waals surface area contributed by atoms with Crippen molar-refractivity contribution in [3.8, 4) is 0 Å². The zero-order chi connectivity index (χ0) is 14.9. The summed E-state index contributed by atoms with van der Waals surface area (Å²) in [6.07, 6.45) is 1.57. The fourth-order valence-electron chi connectivity index (χ4n) is 2.14. The van der Waals surface area contributed by atoms with Crippen LogP contribution in [0.4, 0.5) is 4.79 Å². The summed E-state index contributed by atoms with van der Waals surface area (Å²) in [5, 5.41) is 21.0. The topological polar surface area (TPSA) is 61.4 Å². The average Bonchev–Trinajstić information content (AvgIpc) is 3.17. The van der Waals surface area contributed by atoms with Crippen LogP contribution in [0.15, 0.2) is 34.3 Å².